The van der Waals surface area contributed by atoms with Crippen LogP contribution in [0.2, 0.25) is 0 Å². The number of methoxy groups -OCH3 is 1. The molecule has 0 fully saturated rings. The Morgan fingerprint density at radius 3 is 2.55 bits per heavy atom. The van der Waals surface area contributed by atoms with Gasteiger partial charge in [0.05, 0.1) is 17.9 Å². The van der Waals surface area contributed by atoms with Crippen molar-refractivity contribution in [3.8, 4) is 23.0 Å². The predicted molar refractivity (Wildman–Crippen MR) is 71.5 cm³/mol. The zero-order valence-electron chi connectivity index (χ0n) is 10.4. The number of aromatic hydroxyl groups is 3. The summed E-state index contributed by atoms with van der Waals surface area (Å²) < 4.78 is 10.2. The zero-order valence-corrected chi connectivity index (χ0v) is 10.4. The van der Waals surface area contributed by atoms with Crippen molar-refractivity contribution >= 4 is 21.7 Å². The van der Waals surface area contributed by atoms with Crippen LogP contribution in [0, 0.1) is 0 Å². The van der Waals surface area contributed by atoms with Crippen LogP contribution in [0.3, 0.4) is 0 Å². The molecule has 0 aliphatic carbocycles. The van der Waals surface area contributed by atoms with Gasteiger partial charge in [0.1, 0.15) is 5.75 Å². The topological polar surface area (TPSA) is 100 Å². The number of fused-ring (bicyclic) bond motifs is 3. The Balaban J connectivity index is 2.74. The van der Waals surface area contributed by atoms with E-state index in [1.54, 1.807) is 12.1 Å². The summed E-state index contributed by atoms with van der Waals surface area (Å²) in [5.41, 5.74) is -0.880. The van der Waals surface area contributed by atoms with Gasteiger partial charge in [-0.1, -0.05) is 6.07 Å². The van der Waals surface area contributed by atoms with Crippen LogP contribution in [0.5, 0.6) is 23.0 Å². The van der Waals surface area contributed by atoms with E-state index < -0.39 is 22.9 Å². The number of phenolic OH excluding ortho intramolecular Hbond substituents is 3. The summed E-state index contributed by atoms with van der Waals surface area (Å²) in [4.78, 5) is 11.9. The summed E-state index contributed by atoms with van der Waals surface area (Å²) in [7, 11) is 1.41. The van der Waals surface area contributed by atoms with Gasteiger partial charge in [0.25, 0.3) is 0 Å². The summed E-state index contributed by atoms with van der Waals surface area (Å²) in [6, 6.07) is 5.61. The summed E-state index contributed by atoms with van der Waals surface area (Å²) in [5, 5.41) is 29.9. The lowest BCUT2D eigenvalue weighted by Gasteiger charge is -2.10. The third kappa shape index (κ3) is 1.48. The molecule has 102 valence electrons. The quantitative estimate of drug-likeness (QED) is 0.272. The first-order valence-corrected chi connectivity index (χ1v) is 5.72. The molecule has 3 rings (SSSR count). The van der Waals surface area contributed by atoms with Gasteiger partial charge in [0.2, 0.25) is 0 Å². The van der Waals surface area contributed by atoms with E-state index in [4.69, 9.17) is 9.15 Å². The molecular weight excluding hydrogens is 264 g/mol. The van der Waals surface area contributed by atoms with Crippen LogP contribution < -0.4 is 10.4 Å². The van der Waals surface area contributed by atoms with Crippen molar-refractivity contribution in [2.45, 2.75) is 0 Å². The van der Waals surface area contributed by atoms with Gasteiger partial charge in [-0.2, -0.15) is 0 Å². The summed E-state index contributed by atoms with van der Waals surface area (Å²) in [5.74, 6) is -1.13. The third-order valence-corrected chi connectivity index (χ3v) is 3.12. The Hall–Kier alpha value is -2.89. The minimum absolute atomic E-state index is 0.0227. The molecule has 1 heterocycles. The molecule has 0 radical (unpaired) electrons. The summed E-state index contributed by atoms with van der Waals surface area (Å²) >= 11 is 0. The van der Waals surface area contributed by atoms with Crippen LogP contribution in [0.15, 0.2) is 33.5 Å². The minimum Gasteiger partial charge on any atom is -0.504 e. The second-order valence-electron chi connectivity index (χ2n) is 4.24. The van der Waals surface area contributed by atoms with Gasteiger partial charge < -0.3 is 24.5 Å². The molecule has 0 spiro atoms. The largest absolute Gasteiger partial charge is 0.504 e. The van der Waals surface area contributed by atoms with Crippen molar-refractivity contribution in [1.82, 2.24) is 0 Å². The standard InChI is InChI=1S/C14H10O6/c1-19-9-4-2-3-6-10(9)11-12(17)7(15)5-8(16)13(11)20-14(6)18/h2-5,15-17H,1H3. The fourth-order valence-corrected chi connectivity index (χ4v) is 2.24. The average molecular weight is 274 g/mol. The SMILES string of the molecule is COc1cccc2c(=O)oc3c(O)cc(O)c(O)c3c12. The average Bonchev–Trinajstić information content (AvgIpc) is 2.44. The first-order chi connectivity index (χ1) is 9.54. The van der Waals surface area contributed by atoms with Gasteiger partial charge in [-0.05, 0) is 12.1 Å². The number of ether oxygens (including phenoxy) is 1. The molecule has 0 unspecified atom stereocenters. The first-order valence-electron chi connectivity index (χ1n) is 5.72. The maximum atomic E-state index is 11.9. The van der Waals surface area contributed by atoms with Gasteiger partial charge >= 0.3 is 5.63 Å². The highest BCUT2D eigenvalue weighted by Crippen LogP contribution is 2.44. The Morgan fingerprint density at radius 1 is 1.10 bits per heavy atom. The van der Waals surface area contributed by atoms with Gasteiger partial charge in [0.15, 0.2) is 22.8 Å². The van der Waals surface area contributed by atoms with E-state index in [2.05, 4.69) is 0 Å². The maximum absolute atomic E-state index is 11.9. The summed E-state index contributed by atoms with van der Waals surface area (Å²) in [6.45, 7) is 0. The number of hydrogen-bond acceptors (Lipinski definition) is 6. The molecule has 3 N–H and O–H groups in total. The van der Waals surface area contributed by atoms with Gasteiger partial charge in [-0.15, -0.1) is 0 Å². The van der Waals surface area contributed by atoms with Gasteiger partial charge in [0, 0.05) is 11.5 Å². The Morgan fingerprint density at radius 2 is 1.85 bits per heavy atom. The molecule has 0 saturated heterocycles. The first kappa shape index (κ1) is 12.2. The molecule has 2 aromatic carbocycles. The van der Waals surface area contributed by atoms with E-state index in [1.807, 2.05) is 0 Å². The lowest BCUT2D eigenvalue weighted by Crippen LogP contribution is -2.01. The van der Waals surface area contributed by atoms with Crippen LogP contribution in [-0.4, -0.2) is 22.4 Å². The molecule has 0 aliphatic heterocycles. The highest BCUT2D eigenvalue weighted by molar-refractivity contribution is 6.12. The molecule has 0 bridgehead atoms. The van der Waals surface area contributed by atoms with E-state index in [9.17, 15) is 20.1 Å². The monoisotopic (exact) mass is 274 g/mol. The highest BCUT2D eigenvalue weighted by atomic mass is 16.5. The van der Waals surface area contributed by atoms with Gasteiger partial charge in [-0.3, -0.25) is 0 Å². The fraction of sp³-hybridized carbons (Fsp3) is 0.0714. The molecule has 0 atom stereocenters. The zero-order chi connectivity index (χ0) is 14.4. The third-order valence-electron chi connectivity index (χ3n) is 3.12. The fourth-order valence-electron chi connectivity index (χ4n) is 2.24. The molecular formula is C14H10O6. The molecule has 3 aromatic rings. The van der Waals surface area contributed by atoms with E-state index >= 15 is 0 Å². The molecule has 6 heteroatoms. The number of rotatable bonds is 1. The molecule has 6 nitrogen and oxygen atoms in total. The van der Waals surface area contributed by atoms with Crippen molar-refractivity contribution < 1.29 is 24.5 Å². The Kier molecular flexibility index (Phi) is 2.47. The Labute approximate surface area is 112 Å². The minimum atomic E-state index is -0.674. The van der Waals surface area contributed by atoms with E-state index in [0.29, 0.717) is 5.75 Å². The van der Waals surface area contributed by atoms with E-state index in [-0.39, 0.29) is 21.7 Å². The van der Waals surface area contributed by atoms with Crippen LogP contribution in [0.4, 0.5) is 0 Å². The summed E-state index contributed by atoms with van der Waals surface area (Å²) in [6.07, 6.45) is 0. The smallest absolute Gasteiger partial charge is 0.344 e. The Bertz CT molecular complexity index is 894. The second-order valence-corrected chi connectivity index (χ2v) is 4.24. The van der Waals surface area contributed by atoms with Crippen molar-refractivity contribution in [2.24, 2.45) is 0 Å². The maximum Gasteiger partial charge on any atom is 0.344 e. The predicted octanol–water partition coefficient (Wildman–Crippen LogP) is 2.07. The highest BCUT2D eigenvalue weighted by Gasteiger charge is 2.20. The molecule has 20 heavy (non-hydrogen) atoms. The van der Waals surface area contributed by atoms with Crippen molar-refractivity contribution in [2.75, 3.05) is 7.11 Å². The molecule has 0 saturated carbocycles. The van der Waals surface area contributed by atoms with Crippen LogP contribution in [0.1, 0.15) is 0 Å². The number of hydrogen-bond donors (Lipinski definition) is 3. The van der Waals surface area contributed by atoms with Crippen molar-refractivity contribution in [3.63, 3.8) is 0 Å². The van der Waals surface area contributed by atoms with E-state index in [1.165, 1.54) is 13.2 Å². The molecule has 0 aliphatic rings. The number of phenols is 3. The van der Waals surface area contributed by atoms with Crippen LogP contribution in [0.25, 0.3) is 21.7 Å². The van der Waals surface area contributed by atoms with E-state index in [0.717, 1.165) is 6.07 Å². The number of benzene rings is 2. The molecule has 0 amide bonds. The van der Waals surface area contributed by atoms with Crippen LogP contribution in [-0.2, 0) is 0 Å². The second kappa shape index (κ2) is 4.06. The molecule has 1 aromatic heterocycles. The van der Waals surface area contributed by atoms with Crippen molar-refractivity contribution in [3.05, 3.63) is 34.7 Å². The van der Waals surface area contributed by atoms with Crippen molar-refractivity contribution in [1.29, 1.82) is 0 Å². The lowest BCUT2D eigenvalue weighted by atomic mass is 10.0. The van der Waals surface area contributed by atoms with Gasteiger partial charge in [-0.25, -0.2) is 4.79 Å². The lowest BCUT2D eigenvalue weighted by molar-refractivity contribution is 0.397. The normalized spacial score (nSPS) is 11.1. The van der Waals surface area contributed by atoms with Crippen LogP contribution >= 0.6 is 0 Å².